The molecule has 0 saturated heterocycles. The molecule has 0 bridgehead atoms. The van der Waals surface area contributed by atoms with Crippen LogP contribution in [-0.2, 0) is 0 Å². The maximum absolute atomic E-state index is 13.1. The van der Waals surface area contributed by atoms with E-state index >= 15 is 0 Å². The number of nitrogens with zero attached hydrogens (tertiary/aromatic N) is 2. The lowest BCUT2D eigenvalue weighted by Crippen LogP contribution is -2.39. The van der Waals surface area contributed by atoms with Crippen LogP contribution in [0.5, 0.6) is 0 Å². The second-order valence-electron chi connectivity index (χ2n) is 5.95. The molecule has 0 radical (unpaired) electrons. The van der Waals surface area contributed by atoms with Crippen LogP contribution in [-0.4, -0.2) is 17.1 Å². The summed E-state index contributed by atoms with van der Waals surface area (Å²) >= 11 is 0. The fourth-order valence-electron chi connectivity index (χ4n) is 2.90. The number of nitrogens with one attached hydrogen (secondary N) is 1. The van der Waals surface area contributed by atoms with Crippen LogP contribution in [0.15, 0.2) is 84.0 Å². The van der Waals surface area contributed by atoms with Gasteiger partial charge in [0.1, 0.15) is 5.82 Å². The zero-order valence-electron chi connectivity index (χ0n) is 13.8. The summed E-state index contributed by atoms with van der Waals surface area (Å²) < 4.78 is 13.1. The van der Waals surface area contributed by atoms with Crippen LogP contribution in [0.25, 0.3) is 0 Å². The maximum atomic E-state index is 13.1. The lowest BCUT2D eigenvalue weighted by molar-refractivity contribution is 0.0691. The van der Waals surface area contributed by atoms with E-state index < -0.39 is 6.17 Å². The molecule has 5 heteroatoms. The van der Waals surface area contributed by atoms with E-state index in [4.69, 9.17) is 0 Å². The van der Waals surface area contributed by atoms with Crippen molar-refractivity contribution in [1.29, 1.82) is 0 Å². The van der Waals surface area contributed by atoms with Crippen molar-refractivity contribution in [3.63, 3.8) is 0 Å². The van der Waals surface area contributed by atoms with Crippen molar-refractivity contribution in [2.45, 2.75) is 6.17 Å². The predicted molar refractivity (Wildman–Crippen MR) is 99.4 cm³/mol. The number of para-hydroxylation sites is 1. The largest absolute Gasteiger partial charge is 0.359 e. The van der Waals surface area contributed by atoms with Crippen molar-refractivity contribution in [1.82, 2.24) is 5.01 Å². The number of carbonyl (C=O) groups excluding carboxylic acids is 1. The molecule has 0 fully saturated rings. The minimum Gasteiger partial charge on any atom is -0.359 e. The number of hydrogen-bond donors (Lipinski definition) is 1. The van der Waals surface area contributed by atoms with Gasteiger partial charge in [0, 0.05) is 5.69 Å². The third-order valence-corrected chi connectivity index (χ3v) is 4.22. The molecule has 1 heterocycles. The molecule has 128 valence electrons. The smallest absolute Gasteiger partial charge is 0.278 e. The number of anilines is 1. The predicted octanol–water partition coefficient (Wildman–Crippen LogP) is 4.43. The quantitative estimate of drug-likeness (QED) is 0.714. The summed E-state index contributed by atoms with van der Waals surface area (Å²) in [5.74, 6) is -0.500. The summed E-state index contributed by atoms with van der Waals surface area (Å²) in [5.41, 5.74) is 2.98. The third-order valence-electron chi connectivity index (χ3n) is 4.22. The van der Waals surface area contributed by atoms with E-state index in [-0.39, 0.29) is 11.7 Å². The van der Waals surface area contributed by atoms with Crippen LogP contribution in [0, 0.1) is 5.82 Å². The van der Waals surface area contributed by atoms with E-state index in [1.165, 1.54) is 17.1 Å². The highest BCUT2D eigenvalue weighted by molar-refractivity contribution is 6.02. The van der Waals surface area contributed by atoms with Gasteiger partial charge >= 0.3 is 0 Å². The van der Waals surface area contributed by atoms with Crippen LogP contribution in [0.3, 0.4) is 0 Å². The number of halogens is 1. The van der Waals surface area contributed by atoms with Gasteiger partial charge in [-0.1, -0.05) is 54.6 Å². The van der Waals surface area contributed by atoms with Gasteiger partial charge in [0.2, 0.25) is 0 Å². The number of benzene rings is 3. The fourth-order valence-corrected chi connectivity index (χ4v) is 2.90. The number of amides is 1. The standard InChI is InChI=1S/C21H16FN3O/c22-17-12-10-15(11-13-17)14-23-25-20(16-6-2-1-3-7-16)24-19-9-5-4-8-18(19)21(25)26/h1-14,20,24H/b23-14+. The molecule has 4 rings (SSSR count). The number of carbonyl (C=O) groups is 1. The average Bonchev–Trinajstić information content (AvgIpc) is 2.69. The van der Waals surface area contributed by atoms with Crippen LogP contribution in [0.4, 0.5) is 10.1 Å². The van der Waals surface area contributed by atoms with Gasteiger partial charge in [0.25, 0.3) is 5.91 Å². The molecule has 4 nitrogen and oxygen atoms in total. The first-order valence-electron chi connectivity index (χ1n) is 8.26. The zero-order valence-corrected chi connectivity index (χ0v) is 13.8. The summed E-state index contributed by atoms with van der Waals surface area (Å²) in [5, 5.41) is 9.18. The number of hydrogen-bond acceptors (Lipinski definition) is 3. The zero-order chi connectivity index (χ0) is 17.9. The van der Waals surface area contributed by atoms with Gasteiger partial charge in [-0.25, -0.2) is 9.40 Å². The lowest BCUT2D eigenvalue weighted by Gasteiger charge is -2.34. The Morgan fingerprint density at radius 2 is 1.62 bits per heavy atom. The normalized spacial score (nSPS) is 16.4. The average molecular weight is 345 g/mol. The highest BCUT2D eigenvalue weighted by Gasteiger charge is 2.32. The Bertz CT molecular complexity index is 955. The van der Waals surface area contributed by atoms with E-state index in [2.05, 4.69) is 10.4 Å². The molecular weight excluding hydrogens is 329 g/mol. The summed E-state index contributed by atoms with van der Waals surface area (Å²) in [6.45, 7) is 0. The number of fused-ring (bicyclic) bond motifs is 1. The van der Waals surface area contributed by atoms with Crippen molar-refractivity contribution < 1.29 is 9.18 Å². The van der Waals surface area contributed by atoms with Crippen LogP contribution in [0.2, 0.25) is 0 Å². The van der Waals surface area contributed by atoms with E-state index in [9.17, 15) is 9.18 Å². The van der Waals surface area contributed by atoms with Gasteiger partial charge in [-0.2, -0.15) is 5.10 Å². The molecule has 0 saturated carbocycles. The van der Waals surface area contributed by atoms with Crippen molar-refractivity contribution in [3.05, 3.63) is 101 Å². The van der Waals surface area contributed by atoms with Gasteiger partial charge < -0.3 is 5.32 Å². The molecule has 3 aromatic carbocycles. The van der Waals surface area contributed by atoms with Crippen molar-refractivity contribution in [3.8, 4) is 0 Å². The first-order chi connectivity index (χ1) is 12.7. The minimum atomic E-state index is -0.421. The molecular formula is C21H16FN3O. The minimum absolute atomic E-state index is 0.188. The van der Waals surface area contributed by atoms with Gasteiger partial charge in [-0.05, 0) is 35.4 Å². The molecule has 1 aliphatic heterocycles. The molecule has 1 N–H and O–H groups in total. The maximum Gasteiger partial charge on any atom is 0.278 e. The molecule has 1 atom stereocenters. The Labute approximate surface area is 150 Å². The Kier molecular flexibility index (Phi) is 4.19. The summed E-state index contributed by atoms with van der Waals surface area (Å²) in [4.78, 5) is 13.0. The second kappa shape index (κ2) is 6.80. The van der Waals surface area contributed by atoms with Crippen molar-refractivity contribution >= 4 is 17.8 Å². The molecule has 0 spiro atoms. The van der Waals surface area contributed by atoms with Crippen LogP contribution >= 0.6 is 0 Å². The first-order valence-corrected chi connectivity index (χ1v) is 8.26. The Morgan fingerprint density at radius 1 is 0.923 bits per heavy atom. The van der Waals surface area contributed by atoms with E-state index in [0.29, 0.717) is 11.1 Å². The molecule has 0 aliphatic carbocycles. The van der Waals surface area contributed by atoms with Crippen molar-refractivity contribution in [2.75, 3.05) is 5.32 Å². The Hall–Kier alpha value is -3.47. The molecule has 1 amide bonds. The Morgan fingerprint density at radius 3 is 2.38 bits per heavy atom. The topological polar surface area (TPSA) is 44.7 Å². The van der Waals surface area contributed by atoms with E-state index in [0.717, 1.165) is 11.3 Å². The third kappa shape index (κ3) is 3.07. The monoisotopic (exact) mass is 345 g/mol. The van der Waals surface area contributed by atoms with E-state index in [1.54, 1.807) is 24.4 Å². The Balaban J connectivity index is 1.73. The van der Waals surface area contributed by atoms with Gasteiger partial charge in [0.05, 0.1) is 11.8 Å². The molecule has 1 unspecified atom stereocenters. The van der Waals surface area contributed by atoms with Crippen LogP contribution < -0.4 is 5.32 Å². The van der Waals surface area contributed by atoms with E-state index in [1.807, 2.05) is 48.5 Å². The summed E-state index contributed by atoms with van der Waals surface area (Å²) in [6.07, 6.45) is 1.14. The highest BCUT2D eigenvalue weighted by atomic mass is 19.1. The second-order valence-corrected chi connectivity index (χ2v) is 5.95. The number of rotatable bonds is 3. The SMILES string of the molecule is O=C1c2ccccc2NC(c2ccccc2)N1/N=C/c1ccc(F)cc1. The summed E-state index contributed by atoms with van der Waals surface area (Å²) in [7, 11) is 0. The van der Waals surface area contributed by atoms with Gasteiger partial charge in [0.15, 0.2) is 6.17 Å². The summed E-state index contributed by atoms with van der Waals surface area (Å²) in [6, 6.07) is 23.0. The van der Waals surface area contributed by atoms with Crippen molar-refractivity contribution in [2.24, 2.45) is 5.10 Å². The first kappa shape index (κ1) is 16.0. The number of hydrazone groups is 1. The molecule has 3 aromatic rings. The molecule has 1 aliphatic rings. The van der Waals surface area contributed by atoms with Crippen LogP contribution in [0.1, 0.15) is 27.7 Å². The molecule has 26 heavy (non-hydrogen) atoms. The fraction of sp³-hybridized carbons (Fsp3) is 0.0476. The van der Waals surface area contributed by atoms with Gasteiger partial charge in [-0.15, -0.1) is 0 Å². The highest BCUT2D eigenvalue weighted by Crippen LogP contribution is 2.33. The van der Waals surface area contributed by atoms with Gasteiger partial charge in [-0.3, -0.25) is 4.79 Å². The molecule has 0 aromatic heterocycles. The lowest BCUT2D eigenvalue weighted by atomic mass is 10.1.